The summed E-state index contributed by atoms with van der Waals surface area (Å²) in [5.41, 5.74) is 1.45. The first-order valence-electron chi connectivity index (χ1n) is 6.44. The highest BCUT2D eigenvalue weighted by Crippen LogP contribution is 2.27. The van der Waals surface area contributed by atoms with Crippen LogP contribution in [0.25, 0.3) is 0 Å². The van der Waals surface area contributed by atoms with E-state index in [1.165, 1.54) is 6.42 Å². The van der Waals surface area contributed by atoms with E-state index in [2.05, 4.69) is 4.98 Å². The van der Waals surface area contributed by atoms with E-state index in [9.17, 15) is 4.79 Å². The van der Waals surface area contributed by atoms with Gasteiger partial charge in [0.05, 0.1) is 10.9 Å². The van der Waals surface area contributed by atoms with Crippen LogP contribution in [0.2, 0.25) is 0 Å². The molecule has 2 rings (SSSR count). The van der Waals surface area contributed by atoms with Gasteiger partial charge in [0.25, 0.3) is 5.91 Å². The maximum Gasteiger partial charge on any atom is 0.255 e. The average molecular weight is 267 g/mol. The minimum Gasteiger partial charge on any atom is -0.337 e. The molecule has 18 heavy (non-hydrogen) atoms. The molecule has 1 aliphatic rings. The van der Waals surface area contributed by atoms with Crippen LogP contribution in [0, 0.1) is 6.92 Å². The van der Waals surface area contributed by atoms with E-state index in [1.807, 2.05) is 20.0 Å². The summed E-state index contributed by atoms with van der Waals surface area (Å²) in [7, 11) is 1.85. The topological polar surface area (TPSA) is 33.2 Å². The van der Waals surface area contributed by atoms with Crippen molar-refractivity contribution in [3.8, 4) is 0 Å². The predicted octanol–water partition coefficient (Wildman–Crippen LogP) is 3.01. The third-order valence-electron chi connectivity index (χ3n) is 3.70. The molecule has 0 aromatic carbocycles. The fourth-order valence-electron chi connectivity index (χ4n) is 2.55. The van der Waals surface area contributed by atoms with Crippen LogP contribution in [0.1, 0.15) is 41.7 Å². The molecule has 0 radical (unpaired) electrons. The highest BCUT2D eigenvalue weighted by molar-refractivity contribution is 6.21. The molecular weight excluding hydrogens is 248 g/mol. The number of pyridine rings is 1. The van der Waals surface area contributed by atoms with Gasteiger partial charge < -0.3 is 4.90 Å². The van der Waals surface area contributed by atoms with Gasteiger partial charge in [-0.3, -0.25) is 9.78 Å². The van der Waals surface area contributed by atoms with Crippen molar-refractivity contribution in [1.29, 1.82) is 0 Å². The predicted molar refractivity (Wildman–Crippen MR) is 73.0 cm³/mol. The average Bonchev–Trinajstić information content (AvgIpc) is 2.38. The Hall–Kier alpha value is -1.09. The highest BCUT2D eigenvalue weighted by atomic mass is 35.5. The van der Waals surface area contributed by atoms with Crippen molar-refractivity contribution in [3.05, 3.63) is 29.6 Å². The Labute approximate surface area is 113 Å². The molecule has 98 valence electrons. The first kappa shape index (κ1) is 13.3. The van der Waals surface area contributed by atoms with E-state index >= 15 is 0 Å². The van der Waals surface area contributed by atoms with E-state index in [0.717, 1.165) is 25.0 Å². The maximum atomic E-state index is 12.4. The van der Waals surface area contributed by atoms with Crippen LogP contribution in [0.3, 0.4) is 0 Å². The number of aryl methyl sites for hydroxylation is 1. The van der Waals surface area contributed by atoms with E-state index in [1.54, 1.807) is 17.2 Å². The van der Waals surface area contributed by atoms with Gasteiger partial charge in [0, 0.05) is 25.0 Å². The Morgan fingerprint density at radius 2 is 2.17 bits per heavy atom. The summed E-state index contributed by atoms with van der Waals surface area (Å²) in [5.74, 6) is 0.0261. The number of hydrogen-bond acceptors (Lipinski definition) is 2. The van der Waals surface area contributed by atoms with Crippen LogP contribution in [0.15, 0.2) is 18.3 Å². The van der Waals surface area contributed by atoms with Crippen molar-refractivity contribution in [1.82, 2.24) is 9.88 Å². The molecule has 3 nitrogen and oxygen atoms in total. The van der Waals surface area contributed by atoms with Crippen LogP contribution >= 0.6 is 11.6 Å². The first-order chi connectivity index (χ1) is 8.61. The molecule has 2 atom stereocenters. The minimum atomic E-state index is 0.0261. The quantitative estimate of drug-likeness (QED) is 0.771. The molecule has 0 spiro atoms. The number of carbonyl (C=O) groups excluding carboxylic acids is 1. The van der Waals surface area contributed by atoms with Gasteiger partial charge in [-0.25, -0.2) is 0 Å². The number of aromatic nitrogens is 1. The molecule has 1 aromatic heterocycles. The summed E-state index contributed by atoms with van der Waals surface area (Å²) < 4.78 is 0. The van der Waals surface area contributed by atoms with Crippen molar-refractivity contribution in [2.24, 2.45) is 0 Å². The standard InChI is InChI=1S/C14H19ClN2O/c1-10-11(6-5-9-16-10)14(18)17(2)13-8-4-3-7-12(13)15/h5-6,9,12-13H,3-4,7-8H2,1-2H3. The number of nitrogens with zero attached hydrogens (tertiary/aromatic N) is 2. The lowest BCUT2D eigenvalue weighted by atomic mass is 9.93. The molecule has 1 aliphatic carbocycles. The lowest BCUT2D eigenvalue weighted by Crippen LogP contribution is -2.44. The lowest BCUT2D eigenvalue weighted by Gasteiger charge is -2.35. The Balaban J connectivity index is 2.16. The van der Waals surface area contributed by atoms with Gasteiger partial charge in [0.15, 0.2) is 0 Å². The largest absolute Gasteiger partial charge is 0.337 e. The summed E-state index contributed by atoms with van der Waals surface area (Å²) in [6, 6.07) is 3.77. The molecule has 1 aromatic rings. The van der Waals surface area contributed by atoms with Gasteiger partial charge in [-0.2, -0.15) is 0 Å². The highest BCUT2D eigenvalue weighted by Gasteiger charge is 2.30. The van der Waals surface area contributed by atoms with Gasteiger partial charge in [-0.05, 0) is 31.9 Å². The summed E-state index contributed by atoms with van der Waals surface area (Å²) in [6.45, 7) is 1.86. The Bertz CT molecular complexity index is 436. The fourth-order valence-corrected chi connectivity index (χ4v) is 3.00. The van der Waals surface area contributed by atoms with Gasteiger partial charge in [0.2, 0.25) is 0 Å². The van der Waals surface area contributed by atoms with Crippen LogP contribution in [-0.4, -0.2) is 34.3 Å². The van der Waals surface area contributed by atoms with E-state index in [4.69, 9.17) is 11.6 Å². The third kappa shape index (κ3) is 2.66. The molecule has 0 bridgehead atoms. The maximum absolute atomic E-state index is 12.4. The zero-order valence-corrected chi connectivity index (χ0v) is 11.7. The van der Waals surface area contributed by atoms with E-state index < -0.39 is 0 Å². The van der Waals surface area contributed by atoms with Crippen LogP contribution in [0.4, 0.5) is 0 Å². The molecular formula is C14H19ClN2O. The second-order valence-corrected chi connectivity index (χ2v) is 5.48. The van der Waals surface area contributed by atoms with Gasteiger partial charge in [-0.15, -0.1) is 11.6 Å². The Morgan fingerprint density at radius 3 is 2.83 bits per heavy atom. The van der Waals surface area contributed by atoms with Crippen molar-refractivity contribution in [2.45, 2.75) is 44.0 Å². The molecule has 0 aliphatic heterocycles. The number of carbonyl (C=O) groups is 1. The van der Waals surface area contributed by atoms with Gasteiger partial charge in [0.1, 0.15) is 0 Å². The van der Waals surface area contributed by atoms with Gasteiger partial charge in [-0.1, -0.05) is 12.8 Å². The summed E-state index contributed by atoms with van der Waals surface area (Å²) in [6.07, 6.45) is 6.01. The van der Waals surface area contributed by atoms with E-state index in [-0.39, 0.29) is 17.3 Å². The fraction of sp³-hybridized carbons (Fsp3) is 0.571. The number of alkyl halides is 1. The smallest absolute Gasteiger partial charge is 0.255 e. The van der Waals surface area contributed by atoms with E-state index in [0.29, 0.717) is 5.56 Å². The monoisotopic (exact) mass is 266 g/mol. The van der Waals surface area contributed by atoms with Crippen molar-refractivity contribution >= 4 is 17.5 Å². The molecule has 0 saturated heterocycles. The number of hydrogen-bond donors (Lipinski definition) is 0. The Morgan fingerprint density at radius 1 is 1.44 bits per heavy atom. The summed E-state index contributed by atoms with van der Waals surface area (Å²) >= 11 is 6.34. The zero-order chi connectivity index (χ0) is 13.1. The zero-order valence-electron chi connectivity index (χ0n) is 10.9. The number of amides is 1. The molecule has 1 heterocycles. The van der Waals surface area contributed by atoms with Crippen LogP contribution in [0.5, 0.6) is 0 Å². The van der Waals surface area contributed by atoms with Crippen molar-refractivity contribution < 1.29 is 4.79 Å². The second kappa shape index (κ2) is 5.70. The Kier molecular flexibility index (Phi) is 4.23. The molecule has 1 saturated carbocycles. The second-order valence-electron chi connectivity index (χ2n) is 4.92. The molecule has 2 unspecified atom stereocenters. The minimum absolute atomic E-state index is 0.0261. The normalized spacial score (nSPS) is 23.7. The number of rotatable bonds is 2. The summed E-state index contributed by atoms with van der Waals surface area (Å²) in [4.78, 5) is 18.4. The third-order valence-corrected chi connectivity index (χ3v) is 4.21. The lowest BCUT2D eigenvalue weighted by molar-refractivity contribution is 0.0699. The molecule has 4 heteroatoms. The van der Waals surface area contributed by atoms with Crippen molar-refractivity contribution in [2.75, 3.05) is 7.05 Å². The first-order valence-corrected chi connectivity index (χ1v) is 6.87. The van der Waals surface area contributed by atoms with Gasteiger partial charge >= 0.3 is 0 Å². The van der Waals surface area contributed by atoms with Crippen molar-refractivity contribution in [3.63, 3.8) is 0 Å². The number of halogens is 1. The SMILES string of the molecule is Cc1ncccc1C(=O)N(C)C1CCCCC1Cl. The summed E-state index contributed by atoms with van der Waals surface area (Å²) in [5, 5.41) is 0.0738. The molecule has 1 fully saturated rings. The molecule has 0 N–H and O–H groups in total. The van der Waals surface area contributed by atoms with Crippen LogP contribution in [-0.2, 0) is 0 Å². The molecule has 1 amide bonds. The van der Waals surface area contributed by atoms with Crippen LogP contribution < -0.4 is 0 Å².